The number of hydrogen-bond donors (Lipinski definition) is 1. The van der Waals surface area contributed by atoms with Gasteiger partial charge in [-0.2, -0.15) is 11.8 Å². The van der Waals surface area contributed by atoms with Crippen LogP contribution in [0.3, 0.4) is 0 Å². The first-order valence-electron chi connectivity index (χ1n) is 7.12. The molecule has 1 saturated heterocycles. The summed E-state index contributed by atoms with van der Waals surface area (Å²) in [6.45, 7) is 1.37. The average Bonchev–Trinajstić information content (AvgIpc) is 2.54. The van der Waals surface area contributed by atoms with Crippen LogP contribution in [0.1, 0.15) is 18.1 Å². The molecule has 22 heavy (non-hydrogen) atoms. The van der Waals surface area contributed by atoms with E-state index in [0.717, 1.165) is 11.3 Å². The molecule has 1 unspecified atom stereocenters. The number of rotatable bonds is 5. The van der Waals surface area contributed by atoms with Gasteiger partial charge in [0.25, 0.3) is 0 Å². The summed E-state index contributed by atoms with van der Waals surface area (Å²) in [6, 6.07) is 4.01. The van der Waals surface area contributed by atoms with Crippen molar-refractivity contribution in [3.63, 3.8) is 0 Å². The van der Waals surface area contributed by atoms with Crippen molar-refractivity contribution in [3.05, 3.63) is 34.6 Å². The SMILES string of the molecule is CSCC[C@H](N)C(=O)N1CCOC(c2ccc(F)c(Cl)c2)C1. The van der Waals surface area contributed by atoms with E-state index in [-0.39, 0.29) is 17.0 Å². The Bertz CT molecular complexity index is 532. The van der Waals surface area contributed by atoms with Crippen LogP contribution < -0.4 is 5.73 Å². The van der Waals surface area contributed by atoms with E-state index in [1.807, 2.05) is 6.26 Å². The van der Waals surface area contributed by atoms with Gasteiger partial charge in [0.1, 0.15) is 11.9 Å². The minimum Gasteiger partial charge on any atom is -0.370 e. The van der Waals surface area contributed by atoms with Crippen LogP contribution >= 0.6 is 23.4 Å². The number of nitrogens with two attached hydrogens (primary N) is 1. The van der Waals surface area contributed by atoms with Gasteiger partial charge in [-0.15, -0.1) is 0 Å². The summed E-state index contributed by atoms with van der Waals surface area (Å²) in [5, 5.41) is 0.0567. The molecule has 122 valence electrons. The summed E-state index contributed by atoms with van der Waals surface area (Å²) in [7, 11) is 0. The van der Waals surface area contributed by atoms with Crippen molar-refractivity contribution in [2.75, 3.05) is 31.7 Å². The minimum atomic E-state index is -0.483. The number of amides is 1. The Kier molecular flexibility index (Phi) is 6.50. The average molecular weight is 347 g/mol. The second-order valence-corrected chi connectivity index (χ2v) is 6.60. The van der Waals surface area contributed by atoms with Crippen molar-refractivity contribution in [3.8, 4) is 0 Å². The quantitative estimate of drug-likeness (QED) is 0.889. The van der Waals surface area contributed by atoms with Gasteiger partial charge in [0, 0.05) is 6.54 Å². The highest BCUT2D eigenvalue weighted by atomic mass is 35.5. The maximum Gasteiger partial charge on any atom is 0.239 e. The zero-order valence-corrected chi connectivity index (χ0v) is 14.0. The Hall–Kier alpha value is -0.820. The first-order valence-corrected chi connectivity index (χ1v) is 8.90. The van der Waals surface area contributed by atoms with Crippen LogP contribution in [-0.2, 0) is 9.53 Å². The molecule has 0 spiro atoms. The number of ether oxygens (including phenoxy) is 1. The molecular weight excluding hydrogens is 327 g/mol. The van der Waals surface area contributed by atoms with Crippen LogP contribution in [0.2, 0.25) is 5.02 Å². The first kappa shape index (κ1) is 17.5. The number of halogens is 2. The zero-order valence-electron chi connectivity index (χ0n) is 12.4. The first-order chi connectivity index (χ1) is 10.5. The van der Waals surface area contributed by atoms with Gasteiger partial charge in [-0.25, -0.2) is 4.39 Å². The van der Waals surface area contributed by atoms with Gasteiger partial charge < -0.3 is 15.4 Å². The predicted molar refractivity (Wildman–Crippen MR) is 87.7 cm³/mol. The van der Waals surface area contributed by atoms with E-state index in [4.69, 9.17) is 22.1 Å². The van der Waals surface area contributed by atoms with Gasteiger partial charge in [0.15, 0.2) is 0 Å². The molecule has 1 aliphatic heterocycles. The summed E-state index contributed by atoms with van der Waals surface area (Å²) < 4.78 is 18.9. The summed E-state index contributed by atoms with van der Waals surface area (Å²) in [6.07, 6.45) is 2.34. The monoisotopic (exact) mass is 346 g/mol. The lowest BCUT2D eigenvalue weighted by Crippen LogP contribution is -2.49. The molecule has 1 aliphatic rings. The molecule has 0 bridgehead atoms. The molecule has 1 amide bonds. The number of morpholine rings is 1. The molecule has 1 heterocycles. The number of nitrogens with zero attached hydrogens (tertiary/aromatic N) is 1. The Labute approximate surface area is 139 Å². The zero-order chi connectivity index (χ0) is 16.1. The minimum absolute atomic E-state index is 0.0567. The second kappa shape index (κ2) is 8.15. The number of carbonyl (C=O) groups excluding carboxylic acids is 1. The van der Waals surface area contributed by atoms with E-state index in [1.165, 1.54) is 6.07 Å². The predicted octanol–water partition coefficient (Wildman–Crippen LogP) is 2.46. The van der Waals surface area contributed by atoms with Crippen LogP contribution in [0.4, 0.5) is 4.39 Å². The molecule has 0 aliphatic carbocycles. The van der Waals surface area contributed by atoms with Crippen molar-refractivity contribution < 1.29 is 13.9 Å². The van der Waals surface area contributed by atoms with Gasteiger partial charge in [-0.05, 0) is 36.1 Å². The standard InChI is InChI=1S/C15H20ClFN2O2S/c1-22-7-4-13(18)15(20)19-5-6-21-14(9-19)10-2-3-12(17)11(16)8-10/h2-3,8,13-14H,4-7,9,18H2,1H3/t13-,14?/m0/s1. The maximum atomic E-state index is 13.2. The summed E-state index contributed by atoms with van der Waals surface area (Å²) in [4.78, 5) is 14.1. The van der Waals surface area contributed by atoms with E-state index in [1.54, 1.807) is 28.8 Å². The highest BCUT2D eigenvalue weighted by molar-refractivity contribution is 7.98. The molecule has 1 aromatic carbocycles. The smallest absolute Gasteiger partial charge is 0.239 e. The molecule has 2 atom stereocenters. The molecule has 0 saturated carbocycles. The number of carbonyl (C=O) groups is 1. The lowest BCUT2D eigenvalue weighted by atomic mass is 10.1. The van der Waals surface area contributed by atoms with E-state index in [2.05, 4.69) is 0 Å². The molecule has 2 rings (SSSR count). The Morgan fingerprint density at radius 1 is 1.64 bits per heavy atom. The van der Waals surface area contributed by atoms with Gasteiger partial charge in [-0.3, -0.25) is 4.79 Å². The molecule has 4 nitrogen and oxygen atoms in total. The Balaban J connectivity index is 2.01. The lowest BCUT2D eigenvalue weighted by molar-refractivity contribution is -0.140. The third-order valence-electron chi connectivity index (χ3n) is 3.64. The third kappa shape index (κ3) is 4.35. The van der Waals surface area contributed by atoms with Gasteiger partial charge in [0.2, 0.25) is 5.91 Å². The number of thioether (sulfide) groups is 1. The maximum absolute atomic E-state index is 13.2. The van der Waals surface area contributed by atoms with Crippen molar-refractivity contribution in [2.45, 2.75) is 18.6 Å². The van der Waals surface area contributed by atoms with Crippen LogP contribution in [-0.4, -0.2) is 48.6 Å². The summed E-state index contributed by atoms with van der Waals surface area (Å²) >= 11 is 7.47. The molecule has 2 N–H and O–H groups in total. The second-order valence-electron chi connectivity index (χ2n) is 5.21. The Morgan fingerprint density at radius 3 is 3.09 bits per heavy atom. The van der Waals surface area contributed by atoms with E-state index >= 15 is 0 Å². The highest BCUT2D eigenvalue weighted by Gasteiger charge is 2.28. The number of benzene rings is 1. The molecule has 1 aromatic rings. The summed E-state index contributed by atoms with van der Waals surface area (Å²) in [5.41, 5.74) is 6.71. The number of hydrogen-bond acceptors (Lipinski definition) is 4. The van der Waals surface area contributed by atoms with Crippen LogP contribution in [0.25, 0.3) is 0 Å². The van der Waals surface area contributed by atoms with E-state index in [9.17, 15) is 9.18 Å². The summed E-state index contributed by atoms with van der Waals surface area (Å²) in [5.74, 6) is 0.331. The van der Waals surface area contributed by atoms with Crippen LogP contribution in [0, 0.1) is 5.82 Å². The van der Waals surface area contributed by atoms with Crippen molar-refractivity contribution in [1.82, 2.24) is 4.90 Å². The fourth-order valence-corrected chi connectivity index (χ4v) is 3.05. The third-order valence-corrected chi connectivity index (χ3v) is 4.58. The van der Waals surface area contributed by atoms with Crippen molar-refractivity contribution in [2.24, 2.45) is 5.73 Å². The molecule has 7 heteroatoms. The van der Waals surface area contributed by atoms with E-state index in [0.29, 0.717) is 26.1 Å². The molecule has 0 radical (unpaired) electrons. The van der Waals surface area contributed by atoms with Crippen molar-refractivity contribution >= 4 is 29.3 Å². The lowest BCUT2D eigenvalue weighted by Gasteiger charge is -2.34. The Morgan fingerprint density at radius 2 is 2.41 bits per heavy atom. The molecular formula is C15H20ClFN2O2S. The molecule has 1 fully saturated rings. The largest absolute Gasteiger partial charge is 0.370 e. The van der Waals surface area contributed by atoms with E-state index < -0.39 is 11.9 Å². The fraction of sp³-hybridized carbons (Fsp3) is 0.533. The van der Waals surface area contributed by atoms with Crippen molar-refractivity contribution in [1.29, 1.82) is 0 Å². The van der Waals surface area contributed by atoms with Gasteiger partial charge in [0.05, 0.1) is 24.2 Å². The van der Waals surface area contributed by atoms with Gasteiger partial charge in [-0.1, -0.05) is 17.7 Å². The van der Waals surface area contributed by atoms with Gasteiger partial charge >= 0.3 is 0 Å². The fourth-order valence-electron chi connectivity index (χ4n) is 2.37. The molecule has 0 aromatic heterocycles. The van der Waals surface area contributed by atoms with Crippen LogP contribution in [0.5, 0.6) is 0 Å². The van der Waals surface area contributed by atoms with Crippen LogP contribution in [0.15, 0.2) is 18.2 Å². The normalized spacial score (nSPS) is 20.0. The highest BCUT2D eigenvalue weighted by Crippen LogP contribution is 2.26. The topological polar surface area (TPSA) is 55.6 Å².